The number of carbonyl (C=O) groups is 4. The number of aromatic nitrogens is 6. The van der Waals surface area contributed by atoms with Crippen molar-refractivity contribution < 1.29 is 33.4 Å². The number of anilines is 1. The van der Waals surface area contributed by atoms with E-state index in [9.17, 15) is 19.2 Å². The SMILES string of the molecule is Cc1ncsc1-c1ccc(CNC(=O)[C@@H]2CCCN2C(=O)[C@@H](NC(=O)COCCOCCCCCCOc2cccc(CNC(=O)c3cccc(NCc4nnc(-c5ccncn5)n4C)c3)c2)C(C)(C)C)cc1. The van der Waals surface area contributed by atoms with Crippen molar-refractivity contribution in [2.75, 3.05) is 44.9 Å². The van der Waals surface area contributed by atoms with Gasteiger partial charge in [0, 0.05) is 50.7 Å². The minimum Gasteiger partial charge on any atom is -0.494 e. The second-order valence-corrected chi connectivity index (χ2v) is 19.9. The highest BCUT2D eigenvalue weighted by Crippen LogP contribution is 2.28. The van der Waals surface area contributed by atoms with Crippen LogP contribution in [0.2, 0.25) is 0 Å². The number of nitrogens with one attached hydrogen (secondary N) is 4. The summed E-state index contributed by atoms with van der Waals surface area (Å²) in [5.41, 5.74) is 7.19. The number of rotatable bonds is 26. The molecule has 0 unspecified atom stereocenters. The van der Waals surface area contributed by atoms with Gasteiger partial charge in [0.05, 0.1) is 42.4 Å². The number of hydrogen-bond donors (Lipinski definition) is 4. The molecule has 4 heterocycles. The number of hydrogen-bond acceptors (Lipinski definition) is 14. The molecule has 4 amide bonds. The van der Waals surface area contributed by atoms with Crippen molar-refractivity contribution >= 4 is 40.7 Å². The van der Waals surface area contributed by atoms with Gasteiger partial charge in [0.25, 0.3) is 5.91 Å². The first kappa shape index (κ1) is 53.7. The molecule has 0 radical (unpaired) electrons. The van der Waals surface area contributed by atoms with Gasteiger partial charge >= 0.3 is 0 Å². The van der Waals surface area contributed by atoms with E-state index in [4.69, 9.17) is 14.2 Å². The summed E-state index contributed by atoms with van der Waals surface area (Å²) in [7, 11) is 1.88. The Hall–Kier alpha value is -7.09. The number of amides is 4. The third kappa shape index (κ3) is 15.7. The van der Waals surface area contributed by atoms with Crippen molar-refractivity contribution in [3.8, 4) is 27.7 Å². The third-order valence-electron chi connectivity index (χ3n) is 12.4. The predicted molar refractivity (Wildman–Crippen MR) is 279 cm³/mol. The molecule has 1 fully saturated rings. The van der Waals surface area contributed by atoms with Gasteiger partial charge in [-0.25, -0.2) is 15.0 Å². The molecule has 0 saturated carbocycles. The van der Waals surface area contributed by atoms with Gasteiger partial charge in [0.15, 0.2) is 11.6 Å². The summed E-state index contributed by atoms with van der Waals surface area (Å²) in [5.74, 6) is 1.04. The molecule has 73 heavy (non-hydrogen) atoms. The van der Waals surface area contributed by atoms with Gasteiger partial charge in [0.2, 0.25) is 17.7 Å². The maximum absolute atomic E-state index is 13.9. The number of unbranched alkanes of at least 4 members (excludes halogenated alkanes) is 3. The van der Waals surface area contributed by atoms with Crippen molar-refractivity contribution in [2.45, 2.75) is 97.9 Å². The van der Waals surface area contributed by atoms with Gasteiger partial charge in [0.1, 0.15) is 36.5 Å². The molecule has 1 aliphatic heterocycles. The minimum atomic E-state index is -0.832. The number of thiazole rings is 1. The number of nitrogens with zero attached hydrogens (tertiary/aromatic N) is 7. The van der Waals surface area contributed by atoms with E-state index in [2.05, 4.69) is 46.4 Å². The zero-order valence-electron chi connectivity index (χ0n) is 42.4. The van der Waals surface area contributed by atoms with E-state index in [1.54, 1.807) is 40.6 Å². The number of likely N-dealkylation sites (tertiary alicyclic amines) is 1. The third-order valence-corrected chi connectivity index (χ3v) is 13.4. The van der Waals surface area contributed by atoms with Crippen molar-refractivity contribution in [2.24, 2.45) is 12.5 Å². The largest absolute Gasteiger partial charge is 0.494 e. The number of carbonyl (C=O) groups excluding carboxylic acids is 4. The number of ether oxygens (including phenoxy) is 3. The van der Waals surface area contributed by atoms with Crippen LogP contribution in [0.3, 0.4) is 0 Å². The van der Waals surface area contributed by atoms with E-state index in [1.165, 1.54) is 6.33 Å². The maximum atomic E-state index is 13.9. The molecule has 0 spiro atoms. The lowest BCUT2D eigenvalue weighted by Gasteiger charge is -2.35. The fraction of sp³-hybridized carbons (Fsp3) is 0.426. The smallest absolute Gasteiger partial charge is 0.251 e. The molecule has 6 aromatic rings. The number of benzene rings is 3. The van der Waals surface area contributed by atoms with Crippen LogP contribution >= 0.6 is 11.3 Å². The average molecular weight is 1010 g/mol. The van der Waals surface area contributed by atoms with Crippen LogP contribution in [0.25, 0.3) is 22.0 Å². The summed E-state index contributed by atoms with van der Waals surface area (Å²) < 4.78 is 19.2. The lowest BCUT2D eigenvalue weighted by Crippen LogP contribution is -2.58. The molecule has 386 valence electrons. The minimum absolute atomic E-state index is 0.188. The standard InChI is InChI=1S/C54H67N11O7S/c1-37-48(73-36-60-37)40-20-18-38(19-21-40)31-58-52(68)45-17-12-24-65(45)53(69)49(54(2,3)4)61-47(66)34-71-28-27-70-25-8-6-7-9-26-72-43-16-10-13-39(29-43)32-57-51(67)41-14-11-15-42(30-41)56-33-46-62-63-50(64(46)5)44-22-23-55-35-59-44/h10-11,13-16,18-23,29-30,35-36,45,49,56H,6-9,12,17,24-28,31-34H2,1-5H3,(H,57,67)(H,58,68)(H,61,66)/t45-,49+/m0/s1. The van der Waals surface area contributed by atoms with E-state index < -0.39 is 23.4 Å². The van der Waals surface area contributed by atoms with Crippen LogP contribution in [-0.4, -0.2) is 110 Å². The van der Waals surface area contributed by atoms with Gasteiger partial charge in [-0.15, -0.1) is 21.5 Å². The molecule has 2 atom stereocenters. The first-order valence-electron chi connectivity index (χ1n) is 24.8. The topological polar surface area (TPSA) is 217 Å². The molecule has 0 bridgehead atoms. The van der Waals surface area contributed by atoms with Crippen LogP contribution in [0, 0.1) is 12.3 Å². The zero-order chi connectivity index (χ0) is 51.6. The second kappa shape index (κ2) is 26.6. The Balaban J connectivity index is 0.720. The van der Waals surface area contributed by atoms with Crippen molar-refractivity contribution in [1.82, 2.24) is 50.6 Å². The Labute approximate surface area is 431 Å². The van der Waals surface area contributed by atoms with Crippen molar-refractivity contribution in [3.05, 3.63) is 125 Å². The summed E-state index contributed by atoms with van der Waals surface area (Å²) in [4.78, 5) is 68.7. The molecule has 18 nitrogen and oxygen atoms in total. The molecule has 4 N–H and O–H groups in total. The molecule has 3 aromatic carbocycles. The average Bonchev–Trinajstić information content (AvgIpc) is 4.16. The summed E-state index contributed by atoms with van der Waals surface area (Å²) in [5, 5.41) is 20.8. The highest BCUT2D eigenvalue weighted by molar-refractivity contribution is 7.13. The fourth-order valence-corrected chi connectivity index (χ4v) is 9.17. The molecule has 19 heteroatoms. The van der Waals surface area contributed by atoms with Crippen LogP contribution in [0.1, 0.15) is 92.3 Å². The lowest BCUT2D eigenvalue weighted by atomic mass is 9.85. The zero-order valence-corrected chi connectivity index (χ0v) is 43.2. The van der Waals surface area contributed by atoms with E-state index in [0.717, 1.165) is 70.2 Å². The Morgan fingerprint density at radius 1 is 0.822 bits per heavy atom. The monoisotopic (exact) mass is 1010 g/mol. The van der Waals surface area contributed by atoms with Crippen LogP contribution < -0.4 is 26.0 Å². The van der Waals surface area contributed by atoms with Crippen LogP contribution in [-0.2, 0) is 50.5 Å². The van der Waals surface area contributed by atoms with Crippen LogP contribution in [0.4, 0.5) is 5.69 Å². The second-order valence-electron chi connectivity index (χ2n) is 19.0. The van der Waals surface area contributed by atoms with E-state index in [-0.39, 0.29) is 30.9 Å². The van der Waals surface area contributed by atoms with Gasteiger partial charge < -0.3 is 44.9 Å². The highest BCUT2D eigenvalue weighted by Gasteiger charge is 2.41. The Kier molecular flexibility index (Phi) is 19.5. The fourth-order valence-electron chi connectivity index (χ4n) is 8.36. The van der Waals surface area contributed by atoms with E-state index in [0.29, 0.717) is 75.9 Å². The van der Waals surface area contributed by atoms with E-state index >= 15 is 0 Å². The molecule has 1 aliphatic rings. The summed E-state index contributed by atoms with van der Waals surface area (Å²) >= 11 is 1.60. The predicted octanol–water partition coefficient (Wildman–Crippen LogP) is 7.06. The first-order chi connectivity index (χ1) is 35.3. The normalized spacial score (nSPS) is 13.9. The van der Waals surface area contributed by atoms with Gasteiger partial charge in [-0.1, -0.05) is 69.7 Å². The van der Waals surface area contributed by atoms with Crippen molar-refractivity contribution in [3.63, 3.8) is 0 Å². The van der Waals surface area contributed by atoms with Gasteiger partial charge in [-0.3, -0.25) is 19.2 Å². The van der Waals surface area contributed by atoms with Crippen LogP contribution in [0.15, 0.2) is 96.9 Å². The molecule has 7 rings (SSSR count). The Morgan fingerprint density at radius 3 is 2.37 bits per heavy atom. The molecule has 1 saturated heterocycles. The Morgan fingerprint density at radius 2 is 1.60 bits per heavy atom. The van der Waals surface area contributed by atoms with E-state index in [1.807, 2.05) is 105 Å². The molecular formula is C54H67N11O7S. The molecule has 3 aromatic heterocycles. The summed E-state index contributed by atoms with van der Waals surface area (Å²) in [6.45, 7) is 10.8. The van der Waals surface area contributed by atoms with Gasteiger partial charge in [-0.05, 0) is 97.5 Å². The molecular weight excluding hydrogens is 947 g/mol. The number of aryl methyl sites for hydroxylation is 1. The lowest BCUT2D eigenvalue weighted by molar-refractivity contribution is -0.144. The molecule has 0 aliphatic carbocycles. The summed E-state index contributed by atoms with van der Waals surface area (Å²) in [6, 6.07) is 23.4. The van der Waals surface area contributed by atoms with Crippen LogP contribution in [0.5, 0.6) is 5.75 Å². The maximum Gasteiger partial charge on any atom is 0.251 e. The summed E-state index contributed by atoms with van der Waals surface area (Å²) in [6.07, 6.45) is 8.12. The highest BCUT2D eigenvalue weighted by atomic mass is 32.1. The quantitative estimate of drug-likeness (QED) is 0.0401. The van der Waals surface area contributed by atoms with Gasteiger partial charge in [-0.2, -0.15) is 0 Å². The van der Waals surface area contributed by atoms with Crippen molar-refractivity contribution in [1.29, 1.82) is 0 Å². The Bertz CT molecular complexity index is 2740. The first-order valence-corrected chi connectivity index (χ1v) is 25.7.